The molecule has 1 saturated carbocycles. The largest absolute Gasteiger partial charge is 0.383 e. The van der Waals surface area contributed by atoms with Crippen LogP contribution in [0.3, 0.4) is 0 Å². The fourth-order valence-corrected chi connectivity index (χ4v) is 2.30. The van der Waals surface area contributed by atoms with Gasteiger partial charge in [-0.1, -0.05) is 19.8 Å². The molecule has 4 nitrogen and oxygen atoms in total. The number of nitrogens with zero attached hydrogens (tertiary/aromatic N) is 2. The number of hydrogen-bond acceptors (Lipinski definition) is 4. The predicted molar refractivity (Wildman–Crippen MR) is 61.2 cm³/mol. The molecule has 82 valence electrons. The molecule has 0 aromatic carbocycles. The fourth-order valence-electron chi connectivity index (χ4n) is 2.30. The summed E-state index contributed by atoms with van der Waals surface area (Å²) in [6, 6.07) is 0. The SMILES string of the molecule is C[C@H]1CC[C@H](c2cnc(N)nc2N)CC1. The topological polar surface area (TPSA) is 77.8 Å². The van der Waals surface area contributed by atoms with E-state index in [-0.39, 0.29) is 5.95 Å². The van der Waals surface area contributed by atoms with E-state index in [1.165, 1.54) is 25.7 Å². The van der Waals surface area contributed by atoms with Crippen molar-refractivity contribution < 1.29 is 0 Å². The molecule has 1 aliphatic rings. The van der Waals surface area contributed by atoms with Gasteiger partial charge in [0, 0.05) is 11.8 Å². The molecule has 0 amide bonds. The number of nitrogens with two attached hydrogens (primary N) is 2. The summed E-state index contributed by atoms with van der Waals surface area (Å²) in [5, 5.41) is 0. The maximum Gasteiger partial charge on any atom is 0.221 e. The van der Waals surface area contributed by atoms with E-state index >= 15 is 0 Å². The Bertz CT molecular complexity index is 342. The molecular weight excluding hydrogens is 188 g/mol. The summed E-state index contributed by atoms with van der Waals surface area (Å²) in [6.07, 6.45) is 6.72. The number of rotatable bonds is 1. The second-order valence-corrected chi connectivity index (χ2v) is 4.53. The van der Waals surface area contributed by atoms with Crippen molar-refractivity contribution in [3.63, 3.8) is 0 Å². The summed E-state index contributed by atoms with van der Waals surface area (Å²) in [5.74, 6) is 2.20. The molecule has 15 heavy (non-hydrogen) atoms. The van der Waals surface area contributed by atoms with Crippen LogP contribution >= 0.6 is 0 Å². The first-order chi connectivity index (χ1) is 7.16. The maximum atomic E-state index is 5.86. The van der Waals surface area contributed by atoms with Crippen molar-refractivity contribution in [2.75, 3.05) is 11.5 Å². The Hall–Kier alpha value is -1.32. The highest BCUT2D eigenvalue weighted by molar-refractivity contribution is 5.43. The van der Waals surface area contributed by atoms with Gasteiger partial charge in [0.1, 0.15) is 5.82 Å². The minimum absolute atomic E-state index is 0.264. The molecule has 1 aromatic rings. The number of hydrogen-bond donors (Lipinski definition) is 2. The second kappa shape index (κ2) is 4.04. The molecule has 4 N–H and O–H groups in total. The highest BCUT2D eigenvalue weighted by atomic mass is 15.0. The van der Waals surface area contributed by atoms with Crippen molar-refractivity contribution in [1.82, 2.24) is 9.97 Å². The van der Waals surface area contributed by atoms with Crippen LogP contribution in [0.2, 0.25) is 0 Å². The van der Waals surface area contributed by atoms with Gasteiger partial charge in [-0.2, -0.15) is 4.98 Å². The Morgan fingerprint density at radius 3 is 2.47 bits per heavy atom. The number of nitrogen functional groups attached to an aromatic ring is 2. The molecule has 0 bridgehead atoms. The lowest BCUT2D eigenvalue weighted by Gasteiger charge is -2.26. The molecule has 1 aromatic heterocycles. The van der Waals surface area contributed by atoms with E-state index in [1.807, 2.05) is 0 Å². The Kier molecular flexibility index (Phi) is 2.75. The van der Waals surface area contributed by atoms with Crippen LogP contribution in [-0.2, 0) is 0 Å². The Labute approximate surface area is 90.1 Å². The van der Waals surface area contributed by atoms with Gasteiger partial charge in [-0.3, -0.25) is 0 Å². The third-order valence-electron chi connectivity index (χ3n) is 3.32. The average molecular weight is 206 g/mol. The Morgan fingerprint density at radius 1 is 1.20 bits per heavy atom. The van der Waals surface area contributed by atoms with Crippen molar-refractivity contribution in [2.24, 2.45) is 5.92 Å². The van der Waals surface area contributed by atoms with E-state index in [1.54, 1.807) is 6.20 Å². The van der Waals surface area contributed by atoms with Crippen molar-refractivity contribution in [1.29, 1.82) is 0 Å². The van der Waals surface area contributed by atoms with Crippen molar-refractivity contribution in [3.8, 4) is 0 Å². The van der Waals surface area contributed by atoms with Crippen LogP contribution in [0.25, 0.3) is 0 Å². The van der Waals surface area contributed by atoms with Crippen molar-refractivity contribution in [3.05, 3.63) is 11.8 Å². The van der Waals surface area contributed by atoms with Crippen LogP contribution in [-0.4, -0.2) is 9.97 Å². The monoisotopic (exact) mass is 206 g/mol. The molecule has 4 heteroatoms. The van der Waals surface area contributed by atoms with Crippen LogP contribution in [0.15, 0.2) is 6.20 Å². The smallest absolute Gasteiger partial charge is 0.221 e. The summed E-state index contributed by atoms with van der Waals surface area (Å²) in [5.41, 5.74) is 12.4. The van der Waals surface area contributed by atoms with Gasteiger partial charge in [-0.25, -0.2) is 4.98 Å². The third-order valence-corrected chi connectivity index (χ3v) is 3.32. The molecule has 0 unspecified atom stereocenters. The molecule has 0 aliphatic heterocycles. The zero-order valence-corrected chi connectivity index (χ0v) is 9.11. The molecule has 2 rings (SSSR count). The van der Waals surface area contributed by atoms with Gasteiger partial charge in [0.05, 0.1) is 0 Å². The van der Waals surface area contributed by atoms with Gasteiger partial charge in [-0.15, -0.1) is 0 Å². The van der Waals surface area contributed by atoms with E-state index in [0.717, 1.165) is 11.5 Å². The lowest BCUT2D eigenvalue weighted by molar-refractivity contribution is 0.348. The van der Waals surface area contributed by atoms with E-state index in [0.29, 0.717) is 11.7 Å². The van der Waals surface area contributed by atoms with Gasteiger partial charge in [0.2, 0.25) is 5.95 Å². The summed E-state index contributed by atoms with van der Waals surface area (Å²) in [4.78, 5) is 8.03. The summed E-state index contributed by atoms with van der Waals surface area (Å²) in [6.45, 7) is 2.30. The van der Waals surface area contributed by atoms with Crippen LogP contribution < -0.4 is 11.5 Å². The second-order valence-electron chi connectivity index (χ2n) is 4.53. The van der Waals surface area contributed by atoms with Crippen molar-refractivity contribution >= 4 is 11.8 Å². The Morgan fingerprint density at radius 2 is 1.87 bits per heavy atom. The van der Waals surface area contributed by atoms with Crippen LogP contribution in [0, 0.1) is 5.92 Å². The highest BCUT2D eigenvalue weighted by Gasteiger charge is 2.22. The zero-order valence-electron chi connectivity index (χ0n) is 9.11. The lowest BCUT2D eigenvalue weighted by Crippen LogP contribution is -2.14. The van der Waals surface area contributed by atoms with Crippen LogP contribution in [0.4, 0.5) is 11.8 Å². The summed E-state index contributed by atoms with van der Waals surface area (Å²) >= 11 is 0. The third kappa shape index (κ3) is 2.19. The van der Waals surface area contributed by atoms with Gasteiger partial charge < -0.3 is 11.5 Å². The van der Waals surface area contributed by atoms with Gasteiger partial charge >= 0.3 is 0 Å². The Balaban J connectivity index is 2.15. The van der Waals surface area contributed by atoms with Gasteiger partial charge in [0.15, 0.2) is 0 Å². The highest BCUT2D eigenvalue weighted by Crippen LogP contribution is 2.36. The zero-order chi connectivity index (χ0) is 10.8. The number of anilines is 2. The van der Waals surface area contributed by atoms with E-state index in [9.17, 15) is 0 Å². The van der Waals surface area contributed by atoms with Crippen molar-refractivity contribution in [2.45, 2.75) is 38.5 Å². The minimum Gasteiger partial charge on any atom is -0.383 e. The quantitative estimate of drug-likeness (QED) is 0.736. The minimum atomic E-state index is 0.264. The molecule has 1 fully saturated rings. The fraction of sp³-hybridized carbons (Fsp3) is 0.636. The first kappa shape index (κ1) is 10.2. The lowest BCUT2D eigenvalue weighted by atomic mass is 9.80. The van der Waals surface area contributed by atoms with E-state index in [2.05, 4.69) is 16.9 Å². The normalized spacial score (nSPS) is 26.5. The first-order valence-electron chi connectivity index (χ1n) is 5.54. The number of aromatic nitrogens is 2. The predicted octanol–water partition coefficient (Wildman–Crippen LogP) is 1.93. The van der Waals surface area contributed by atoms with Gasteiger partial charge in [-0.05, 0) is 24.7 Å². The molecule has 0 atom stereocenters. The molecule has 1 aliphatic carbocycles. The van der Waals surface area contributed by atoms with Crippen LogP contribution in [0.5, 0.6) is 0 Å². The summed E-state index contributed by atoms with van der Waals surface area (Å²) in [7, 11) is 0. The average Bonchev–Trinajstić information content (AvgIpc) is 2.20. The first-order valence-corrected chi connectivity index (χ1v) is 5.54. The van der Waals surface area contributed by atoms with Crippen LogP contribution in [0.1, 0.15) is 44.1 Å². The molecule has 0 spiro atoms. The molecule has 0 radical (unpaired) electrons. The maximum absolute atomic E-state index is 5.86. The molecule has 1 heterocycles. The van der Waals surface area contributed by atoms with E-state index in [4.69, 9.17) is 11.5 Å². The standard InChI is InChI=1S/C11H18N4/c1-7-2-4-8(5-3-7)9-6-14-11(13)15-10(9)12/h6-8H,2-5H2,1H3,(H4,12,13,14,15)/t7-,8-. The summed E-state index contributed by atoms with van der Waals surface area (Å²) < 4.78 is 0. The van der Waals surface area contributed by atoms with Gasteiger partial charge in [0.25, 0.3) is 0 Å². The van der Waals surface area contributed by atoms with E-state index < -0.39 is 0 Å². The molecular formula is C11H18N4. The molecule has 0 saturated heterocycles.